The molecule has 1 unspecified atom stereocenters. The van der Waals surface area contributed by atoms with Crippen LogP contribution in [0.25, 0.3) is 0 Å². The lowest BCUT2D eigenvalue weighted by molar-refractivity contribution is -0.147. The molecule has 2 aliphatic heterocycles. The third-order valence-corrected chi connectivity index (χ3v) is 6.26. The Bertz CT molecular complexity index is 791. The second kappa shape index (κ2) is 9.98. The summed E-state index contributed by atoms with van der Waals surface area (Å²) in [6.45, 7) is 0.847. The highest BCUT2D eigenvalue weighted by molar-refractivity contribution is 14.0. The van der Waals surface area contributed by atoms with Gasteiger partial charge in [0.2, 0.25) is 11.8 Å². The second-order valence-corrected chi connectivity index (χ2v) is 8.22. The zero-order valence-electron chi connectivity index (χ0n) is 17.5. The summed E-state index contributed by atoms with van der Waals surface area (Å²) in [5.41, 5.74) is 1.06. The number of carbonyl (C=O) groups excluding carboxylic acids is 2. The van der Waals surface area contributed by atoms with Gasteiger partial charge in [-0.25, -0.2) is 0 Å². The number of aliphatic imine (C=N–C) groups is 1. The molecule has 4 rings (SSSR count). The van der Waals surface area contributed by atoms with E-state index in [-0.39, 0.29) is 47.4 Å². The lowest BCUT2D eigenvalue weighted by atomic mass is 9.86. The lowest BCUT2D eigenvalue weighted by Gasteiger charge is -2.40. The van der Waals surface area contributed by atoms with E-state index < -0.39 is 0 Å². The summed E-state index contributed by atoms with van der Waals surface area (Å²) >= 11 is 0. The fraction of sp³-hybridized carbons (Fsp3) is 0.591. The fourth-order valence-corrected chi connectivity index (χ4v) is 4.77. The molecule has 2 fully saturated rings. The molecule has 0 aromatic heterocycles. The predicted molar refractivity (Wildman–Crippen MR) is 126 cm³/mol. The number of likely N-dealkylation sites (tertiary alicyclic amines) is 1. The van der Waals surface area contributed by atoms with Crippen LogP contribution < -0.4 is 15.4 Å². The number of piperidine rings is 1. The molecule has 0 bridgehead atoms. The summed E-state index contributed by atoms with van der Waals surface area (Å²) in [6.07, 6.45) is 7.08. The van der Waals surface area contributed by atoms with Gasteiger partial charge in [-0.05, 0) is 38.2 Å². The van der Waals surface area contributed by atoms with Crippen molar-refractivity contribution < 1.29 is 14.3 Å². The fourth-order valence-electron chi connectivity index (χ4n) is 4.77. The van der Waals surface area contributed by atoms with Gasteiger partial charge in [-0.15, -0.1) is 24.0 Å². The quantitative estimate of drug-likeness (QED) is 0.273. The first-order valence-corrected chi connectivity index (χ1v) is 10.7. The summed E-state index contributed by atoms with van der Waals surface area (Å²) in [5, 5.41) is 6.81. The highest BCUT2D eigenvalue weighted by atomic mass is 127. The maximum absolute atomic E-state index is 12.0. The molecular formula is C22H31IN4O3. The molecule has 2 N–H and O–H groups in total. The zero-order chi connectivity index (χ0) is 20.3. The van der Waals surface area contributed by atoms with E-state index in [4.69, 9.17) is 4.74 Å². The maximum atomic E-state index is 12.0. The van der Waals surface area contributed by atoms with E-state index in [9.17, 15) is 9.59 Å². The smallest absolute Gasteiger partial charge is 0.229 e. The van der Waals surface area contributed by atoms with Crippen molar-refractivity contribution in [1.82, 2.24) is 15.5 Å². The van der Waals surface area contributed by atoms with Crippen molar-refractivity contribution in [1.29, 1.82) is 0 Å². The molecule has 1 aliphatic carbocycles. The first-order valence-electron chi connectivity index (χ1n) is 10.7. The Balaban J connectivity index is 0.00000256. The van der Waals surface area contributed by atoms with Crippen LogP contribution >= 0.6 is 24.0 Å². The maximum Gasteiger partial charge on any atom is 0.229 e. The Hall–Kier alpha value is -1.84. The van der Waals surface area contributed by atoms with Crippen molar-refractivity contribution >= 4 is 41.8 Å². The zero-order valence-corrected chi connectivity index (χ0v) is 19.8. The van der Waals surface area contributed by atoms with Gasteiger partial charge in [0, 0.05) is 45.0 Å². The van der Waals surface area contributed by atoms with Crippen molar-refractivity contribution in [2.75, 3.05) is 20.1 Å². The number of nitrogens with zero attached hydrogens (tertiary/aromatic N) is 2. The Morgan fingerprint density at radius 3 is 2.57 bits per heavy atom. The molecule has 30 heavy (non-hydrogen) atoms. The Morgan fingerprint density at radius 2 is 1.87 bits per heavy atom. The molecule has 1 aromatic rings. The molecule has 7 nitrogen and oxygen atoms in total. The predicted octanol–water partition coefficient (Wildman–Crippen LogP) is 3.15. The van der Waals surface area contributed by atoms with Gasteiger partial charge >= 0.3 is 0 Å². The van der Waals surface area contributed by atoms with Gasteiger partial charge in [0.25, 0.3) is 0 Å². The van der Waals surface area contributed by atoms with Crippen LogP contribution in [-0.2, 0) is 9.59 Å². The third-order valence-electron chi connectivity index (χ3n) is 6.26. The van der Waals surface area contributed by atoms with E-state index >= 15 is 0 Å². The van der Waals surface area contributed by atoms with Crippen LogP contribution in [0.1, 0.15) is 63.0 Å². The molecular weight excluding hydrogens is 495 g/mol. The van der Waals surface area contributed by atoms with Crippen LogP contribution in [0.15, 0.2) is 29.3 Å². The van der Waals surface area contributed by atoms with Crippen LogP contribution in [0.5, 0.6) is 5.75 Å². The van der Waals surface area contributed by atoms with Gasteiger partial charge in [0.1, 0.15) is 11.4 Å². The number of hydrogen-bond acceptors (Lipinski definition) is 4. The van der Waals surface area contributed by atoms with Crippen LogP contribution in [0, 0.1) is 0 Å². The molecule has 164 valence electrons. The van der Waals surface area contributed by atoms with E-state index in [0.29, 0.717) is 38.3 Å². The summed E-state index contributed by atoms with van der Waals surface area (Å²) in [7, 11) is 1.74. The molecule has 8 heteroatoms. The number of benzene rings is 1. The number of carbonyl (C=O) groups is 2. The Labute approximate surface area is 195 Å². The average molecular weight is 526 g/mol. The molecule has 1 saturated heterocycles. The van der Waals surface area contributed by atoms with Crippen molar-refractivity contribution in [3.8, 4) is 5.75 Å². The number of fused-ring (bicyclic) bond motifs is 1. The van der Waals surface area contributed by atoms with Crippen molar-refractivity contribution in [2.24, 2.45) is 4.99 Å². The van der Waals surface area contributed by atoms with Crippen molar-refractivity contribution in [3.05, 3.63) is 29.8 Å². The summed E-state index contributed by atoms with van der Waals surface area (Å²) in [6, 6.07) is 8.32. The van der Waals surface area contributed by atoms with Crippen molar-refractivity contribution in [2.45, 2.75) is 63.0 Å². The molecule has 0 radical (unpaired) electrons. The number of nitrogens with one attached hydrogen (secondary N) is 2. The van der Waals surface area contributed by atoms with Crippen LogP contribution in [-0.4, -0.2) is 48.4 Å². The van der Waals surface area contributed by atoms with E-state index in [1.165, 1.54) is 17.7 Å². The normalized spacial score (nSPS) is 22.9. The van der Waals surface area contributed by atoms with Gasteiger partial charge in [-0.2, -0.15) is 0 Å². The largest absolute Gasteiger partial charge is 0.487 e. The molecule has 1 atom stereocenters. The number of ether oxygens (including phenoxy) is 1. The highest BCUT2D eigenvalue weighted by Gasteiger charge is 2.43. The van der Waals surface area contributed by atoms with Crippen LogP contribution in [0.2, 0.25) is 0 Å². The Morgan fingerprint density at radius 1 is 1.17 bits per heavy atom. The number of imide groups is 1. The summed E-state index contributed by atoms with van der Waals surface area (Å²) < 4.78 is 6.43. The van der Waals surface area contributed by atoms with Crippen LogP contribution in [0.4, 0.5) is 0 Å². The van der Waals surface area contributed by atoms with Gasteiger partial charge in [0.05, 0.1) is 6.04 Å². The minimum atomic E-state index is -0.0858. The second-order valence-electron chi connectivity index (χ2n) is 8.22. The number of hydrogen-bond donors (Lipinski definition) is 2. The van der Waals surface area contributed by atoms with E-state index in [1.54, 1.807) is 7.05 Å². The van der Waals surface area contributed by atoms with Gasteiger partial charge < -0.3 is 15.4 Å². The minimum absolute atomic E-state index is 0. The summed E-state index contributed by atoms with van der Waals surface area (Å²) in [5.74, 6) is 1.48. The lowest BCUT2D eigenvalue weighted by Crippen LogP contribution is -2.49. The minimum Gasteiger partial charge on any atom is -0.487 e. The monoisotopic (exact) mass is 526 g/mol. The number of amides is 2. The highest BCUT2D eigenvalue weighted by Crippen LogP contribution is 2.46. The number of halogens is 1. The SMILES string of the molecule is CN=C(NCCN1C(=O)CCCC1=O)NC1CC2(CCCC2)Oc2ccccc21.I. The Kier molecular flexibility index (Phi) is 7.60. The standard InChI is InChI=1S/C22H30N4O3.HI/c1-23-21(24-13-14-26-19(27)9-6-10-20(26)28)25-17-15-22(11-4-5-12-22)29-18-8-3-2-7-16(17)18;/h2-3,7-8,17H,4-6,9-15H2,1H3,(H2,23,24,25);1H. The average Bonchev–Trinajstić information content (AvgIpc) is 3.16. The van der Waals surface area contributed by atoms with Crippen LogP contribution in [0.3, 0.4) is 0 Å². The van der Waals surface area contributed by atoms with Crippen molar-refractivity contribution in [3.63, 3.8) is 0 Å². The number of guanidine groups is 1. The van der Waals surface area contributed by atoms with Gasteiger partial charge in [0.15, 0.2) is 5.96 Å². The van der Waals surface area contributed by atoms with E-state index in [0.717, 1.165) is 30.6 Å². The molecule has 1 spiro atoms. The number of rotatable bonds is 4. The molecule has 2 heterocycles. The van der Waals surface area contributed by atoms with E-state index in [2.05, 4.69) is 21.7 Å². The van der Waals surface area contributed by atoms with Gasteiger partial charge in [-0.1, -0.05) is 18.2 Å². The van der Waals surface area contributed by atoms with E-state index in [1.807, 2.05) is 18.2 Å². The van der Waals surface area contributed by atoms with Gasteiger partial charge in [-0.3, -0.25) is 19.5 Å². The third kappa shape index (κ3) is 4.90. The summed E-state index contributed by atoms with van der Waals surface area (Å²) in [4.78, 5) is 29.6. The molecule has 3 aliphatic rings. The molecule has 1 saturated carbocycles. The number of para-hydroxylation sites is 1. The first-order chi connectivity index (χ1) is 14.1. The topological polar surface area (TPSA) is 83.0 Å². The molecule has 2 amide bonds. The first kappa shape index (κ1) is 22.8. The molecule has 1 aromatic carbocycles.